The van der Waals surface area contributed by atoms with Crippen molar-refractivity contribution in [1.82, 2.24) is 25.0 Å². The predicted molar refractivity (Wildman–Crippen MR) is 75.2 cm³/mol. The lowest BCUT2D eigenvalue weighted by atomic mass is 10.1. The van der Waals surface area contributed by atoms with Crippen molar-refractivity contribution in [2.45, 2.75) is 45.7 Å². The van der Waals surface area contributed by atoms with Gasteiger partial charge in [0, 0.05) is 13.1 Å². The molecular formula is C14H23N5O. The van der Waals surface area contributed by atoms with Crippen LogP contribution in [0.5, 0.6) is 0 Å². The van der Waals surface area contributed by atoms with Crippen molar-refractivity contribution in [1.29, 1.82) is 0 Å². The first kappa shape index (κ1) is 13.5. The second-order valence-electron chi connectivity index (χ2n) is 5.91. The number of aryl methyl sites for hydroxylation is 2. The second-order valence-corrected chi connectivity index (χ2v) is 5.91. The summed E-state index contributed by atoms with van der Waals surface area (Å²) in [4.78, 5) is 19.0. The highest BCUT2D eigenvalue weighted by molar-refractivity contribution is 5.80. The third kappa shape index (κ3) is 2.57. The van der Waals surface area contributed by atoms with Gasteiger partial charge in [-0.2, -0.15) is 5.10 Å². The average Bonchev–Trinajstić information content (AvgIpc) is 3.12. The number of carbonyl (C=O) groups excluding carboxylic acids is 1. The topological polar surface area (TPSA) is 63.1 Å². The first-order valence-electron chi connectivity index (χ1n) is 7.54. The summed E-state index contributed by atoms with van der Waals surface area (Å²) in [6, 6.07) is 0.280. The zero-order valence-electron chi connectivity index (χ0n) is 12.3. The summed E-state index contributed by atoms with van der Waals surface area (Å²) in [6.07, 6.45) is 3.15. The average molecular weight is 277 g/mol. The number of hydrogen-bond acceptors (Lipinski definition) is 4. The van der Waals surface area contributed by atoms with Gasteiger partial charge < -0.3 is 10.2 Å². The summed E-state index contributed by atoms with van der Waals surface area (Å²) in [5.74, 6) is 2.24. The standard InChI is InChI=1S/C14H23N5O/c1-10-16-11(2)19(17-10)9-13-4-3-7-18(13)14(20)12-5-6-15-8-12/h12-13,15H,3-9H2,1-2H3/t12-,13+/m1/s1. The van der Waals surface area contributed by atoms with Crippen LogP contribution in [0.3, 0.4) is 0 Å². The van der Waals surface area contributed by atoms with Crippen molar-refractivity contribution in [3.63, 3.8) is 0 Å². The van der Waals surface area contributed by atoms with Gasteiger partial charge in [-0.1, -0.05) is 0 Å². The van der Waals surface area contributed by atoms with E-state index in [1.54, 1.807) is 0 Å². The van der Waals surface area contributed by atoms with Gasteiger partial charge in [0.2, 0.25) is 5.91 Å². The van der Waals surface area contributed by atoms with E-state index in [1.165, 1.54) is 0 Å². The Morgan fingerprint density at radius 2 is 2.25 bits per heavy atom. The third-order valence-electron chi connectivity index (χ3n) is 4.42. The van der Waals surface area contributed by atoms with E-state index in [0.29, 0.717) is 5.91 Å². The Morgan fingerprint density at radius 1 is 1.40 bits per heavy atom. The third-order valence-corrected chi connectivity index (χ3v) is 4.42. The van der Waals surface area contributed by atoms with Crippen molar-refractivity contribution in [3.8, 4) is 0 Å². The summed E-state index contributed by atoms with van der Waals surface area (Å²) in [5.41, 5.74) is 0. The minimum absolute atomic E-state index is 0.175. The summed E-state index contributed by atoms with van der Waals surface area (Å²) in [5, 5.41) is 7.70. The molecule has 1 amide bonds. The normalized spacial score (nSPS) is 26.4. The van der Waals surface area contributed by atoms with Crippen molar-refractivity contribution < 1.29 is 4.79 Å². The van der Waals surface area contributed by atoms with E-state index >= 15 is 0 Å². The Morgan fingerprint density at radius 3 is 2.90 bits per heavy atom. The van der Waals surface area contributed by atoms with Crippen LogP contribution in [0.25, 0.3) is 0 Å². The van der Waals surface area contributed by atoms with Gasteiger partial charge in [-0.3, -0.25) is 4.79 Å². The Hall–Kier alpha value is -1.43. The number of hydrogen-bond donors (Lipinski definition) is 1. The zero-order valence-corrected chi connectivity index (χ0v) is 12.3. The van der Waals surface area contributed by atoms with E-state index in [2.05, 4.69) is 20.3 Å². The molecule has 2 saturated heterocycles. The van der Waals surface area contributed by atoms with Crippen molar-refractivity contribution >= 4 is 5.91 Å². The number of amides is 1. The van der Waals surface area contributed by atoms with Crippen LogP contribution in [0, 0.1) is 19.8 Å². The van der Waals surface area contributed by atoms with Gasteiger partial charge >= 0.3 is 0 Å². The van der Waals surface area contributed by atoms with Crippen LogP contribution >= 0.6 is 0 Å². The Bertz CT molecular complexity index is 492. The number of aromatic nitrogens is 3. The van der Waals surface area contributed by atoms with Crippen LogP contribution in [-0.4, -0.2) is 51.2 Å². The molecule has 0 bridgehead atoms. The quantitative estimate of drug-likeness (QED) is 0.873. The van der Waals surface area contributed by atoms with Crippen LogP contribution in [0.15, 0.2) is 0 Å². The molecule has 1 aromatic heterocycles. The molecule has 1 aromatic rings. The molecule has 3 heterocycles. The molecule has 1 N–H and O–H groups in total. The second kappa shape index (κ2) is 5.52. The molecule has 2 aliphatic rings. The molecule has 0 saturated carbocycles. The zero-order chi connectivity index (χ0) is 14.1. The highest BCUT2D eigenvalue weighted by Gasteiger charge is 2.34. The van der Waals surface area contributed by atoms with E-state index in [9.17, 15) is 4.79 Å². The van der Waals surface area contributed by atoms with E-state index in [-0.39, 0.29) is 12.0 Å². The van der Waals surface area contributed by atoms with Crippen molar-refractivity contribution in [2.24, 2.45) is 5.92 Å². The lowest BCUT2D eigenvalue weighted by Crippen LogP contribution is -2.42. The number of likely N-dealkylation sites (tertiary alicyclic amines) is 1. The van der Waals surface area contributed by atoms with E-state index in [0.717, 1.165) is 57.1 Å². The molecule has 6 nitrogen and oxygen atoms in total. The molecule has 110 valence electrons. The maximum absolute atomic E-state index is 12.6. The van der Waals surface area contributed by atoms with Gasteiger partial charge in [-0.05, 0) is 39.7 Å². The molecule has 0 unspecified atom stereocenters. The highest BCUT2D eigenvalue weighted by atomic mass is 16.2. The number of rotatable bonds is 3. The first-order chi connectivity index (χ1) is 9.65. The molecular weight excluding hydrogens is 254 g/mol. The maximum Gasteiger partial charge on any atom is 0.227 e. The molecule has 0 spiro atoms. The summed E-state index contributed by atoms with van der Waals surface area (Å²) in [7, 11) is 0. The van der Waals surface area contributed by atoms with Gasteiger partial charge in [-0.25, -0.2) is 9.67 Å². The van der Waals surface area contributed by atoms with Crippen LogP contribution < -0.4 is 5.32 Å². The number of nitrogens with zero attached hydrogens (tertiary/aromatic N) is 4. The molecule has 2 aliphatic heterocycles. The first-order valence-corrected chi connectivity index (χ1v) is 7.54. The highest BCUT2D eigenvalue weighted by Crippen LogP contribution is 2.23. The summed E-state index contributed by atoms with van der Waals surface area (Å²) < 4.78 is 1.94. The van der Waals surface area contributed by atoms with Crippen LogP contribution in [0.2, 0.25) is 0 Å². The van der Waals surface area contributed by atoms with Gasteiger partial charge in [0.25, 0.3) is 0 Å². The molecule has 0 aromatic carbocycles. The summed E-state index contributed by atoms with van der Waals surface area (Å²) in [6.45, 7) is 7.36. The lowest BCUT2D eigenvalue weighted by molar-refractivity contribution is -0.136. The minimum atomic E-state index is 0.175. The molecule has 2 atom stereocenters. The molecule has 2 fully saturated rings. The molecule has 20 heavy (non-hydrogen) atoms. The Kier molecular flexibility index (Phi) is 3.74. The predicted octanol–water partition coefficient (Wildman–Crippen LogP) is 0.495. The van der Waals surface area contributed by atoms with Crippen LogP contribution in [-0.2, 0) is 11.3 Å². The van der Waals surface area contributed by atoms with Crippen molar-refractivity contribution in [2.75, 3.05) is 19.6 Å². The van der Waals surface area contributed by atoms with E-state index in [1.807, 2.05) is 18.5 Å². The van der Waals surface area contributed by atoms with Crippen molar-refractivity contribution in [3.05, 3.63) is 11.6 Å². The largest absolute Gasteiger partial charge is 0.338 e. The lowest BCUT2D eigenvalue weighted by Gasteiger charge is -2.27. The van der Waals surface area contributed by atoms with E-state index < -0.39 is 0 Å². The summed E-state index contributed by atoms with van der Waals surface area (Å²) >= 11 is 0. The smallest absolute Gasteiger partial charge is 0.227 e. The Balaban J connectivity index is 1.69. The van der Waals surface area contributed by atoms with Gasteiger partial charge in [-0.15, -0.1) is 0 Å². The number of carbonyl (C=O) groups is 1. The Labute approximate surface area is 119 Å². The molecule has 0 radical (unpaired) electrons. The fourth-order valence-corrected chi connectivity index (χ4v) is 3.35. The fraction of sp³-hybridized carbons (Fsp3) is 0.786. The molecule has 0 aliphatic carbocycles. The molecule has 6 heteroatoms. The van der Waals surface area contributed by atoms with Crippen LogP contribution in [0.4, 0.5) is 0 Å². The fourth-order valence-electron chi connectivity index (χ4n) is 3.35. The van der Waals surface area contributed by atoms with Crippen LogP contribution in [0.1, 0.15) is 30.9 Å². The SMILES string of the molecule is Cc1nc(C)n(C[C@@H]2CCCN2C(=O)[C@@H]2CCNC2)n1. The van der Waals surface area contributed by atoms with Gasteiger partial charge in [0.15, 0.2) is 0 Å². The van der Waals surface area contributed by atoms with Gasteiger partial charge in [0.1, 0.15) is 11.6 Å². The van der Waals surface area contributed by atoms with Gasteiger partial charge in [0.05, 0.1) is 18.5 Å². The maximum atomic E-state index is 12.6. The molecule has 3 rings (SSSR count). The van der Waals surface area contributed by atoms with E-state index in [4.69, 9.17) is 0 Å². The number of nitrogens with one attached hydrogen (secondary N) is 1. The minimum Gasteiger partial charge on any atom is -0.338 e. The monoisotopic (exact) mass is 277 g/mol.